The molecule has 2 rings (SSSR count). The summed E-state index contributed by atoms with van der Waals surface area (Å²) in [5.41, 5.74) is 4.09. The maximum atomic E-state index is 12.9. The van der Waals surface area contributed by atoms with E-state index in [9.17, 15) is 4.79 Å². The molecule has 0 saturated carbocycles. The molecule has 2 heterocycles. The number of rotatable bonds is 8. The van der Waals surface area contributed by atoms with Crippen molar-refractivity contribution in [2.75, 3.05) is 20.3 Å². The van der Waals surface area contributed by atoms with Gasteiger partial charge in [-0.05, 0) is 31.9 Å². The average molecular weight is 359 g/mol. The Kier molecular flexibility index (Phi) is 7.15. The first-order chi connectivity index (χ1) is 12.5. The fourth-order valence-corrected chi connectivity index (χ4v) is 2.93. The monoisotopic (exact) mass is 359 g/mol. The van der Waals surface area contributed by atoms with E-state index in [1.165, 1.54) is 0 Å². The summed E-state index contributed by atoms with van der Waals surface area (Å²) in [4.78, 5) is 18.9. The Morgan fingerprint density at radius 3 is 2.73 bits per heavy atom. The normalized spacial score (nSPS) is 12.0. The minimum atomic E-state index is -0.111. The van der Waals surface area contributed by atoms with E-state index < -0.39 is 0 Å². The zero-order valence-corrected chi connectivity index (χ0v) is 16.3. The fourth-order valence-electron chi connectivity index (χ4n) is 2.93. The topological polar surface area (TPSA) is 72.3 Å². The first-order valence-electron chi connectivity index (χ1n) is 8.91. The van der Waals surface area contributed by atoms with Gasteiger partial charge in [-0.2, -0.15) is 5.10 Å². The zero-order chi connectivity index (χ0) is 19.1. The molecule has 2 amide bonds. The quantitative estimate of drug-likeness (QED) is 0.787. The Morgan fingerprint density at radius 1 is 1.42 bits per heavy atom. The fraction of sp³-hybridized carbons (Fsp3) is 0.526. The van der Waals surface area contributed by atoms with Gasteiger partial charge in [-0.25, -0.2) is 4.79 Å². The molecule has 0 aromatic carbocycles. The lowest BCUT2D eigenvalue weighted by atomic mass is 10.1. The number of pyridine rings is 1. The molecule has 1 atom stereocenters. The summed E-state index contributed by atoms with van der Waals surface area (Å²) in [5.74, 6) is 0. The molecule has 142 valence electrons. The molecule has 0 radical (unpaired) electrons. The molecular formula is C19H29N5O2. The molecule has 7 heteroatoms. The summed E-state index contributed by atoms with van der Waals surface area (Å²) in [5, 5.41) is 7.57. The third-order valence-electron chi connectivity index (χ3n) is 4.65. The summed E-state index contributed by atoms with van der Waals surface area (Å²) < 4.78 is 7.04. The van der Waals surface area contributed by atoms with Crippen LogP contribution < -0.4 is 5.32 Å². The van der Waals surface area contributed by atoms with Gasteiger partial charge in [0.2, 0.25) is 0 Å². The lowest BCUT2D eigenvalue weighted by Crippen LogP contribution is -2.42. The van der Waals surface area contributed by atoms with Gasteiger partial charge in [0.15, 0.2) is 0 Å². The van der Waals surface area contributed by atoms with Gasteiger partial charge in [0.1, 0.15) is 0 Å². The number of urea groups is 1. The highest BCUT2D eigenvalue weighted by atomic mass is 16.5. The van der Waals surface area contributed by atoms with Gasteiger partial charge in [0, 0.05) is 44.4 Å². The van der Waals surface area contributed by atoms with Gasteiger partial charge < -0.3 is 15.0 Å². The summed E-state index contributed by atoms with van der Waals surface area (Å²) in [6.07, 6.45) is 4.32. The van der Waals surface area contributed by atoms with E-state index in [2.05, 4.69) is 15.4 Å². The lowest BCUT2D eigenvalue weighted by molar-refractivity contribution is 0.144. The van der Waals surface area contributed by atoms with Crippen LogP contribution in [-0.4, -0.2) is 46.0 Å². The summed E-state index contributed by atoms with van der Waals surface area (Å²) in [6.45, 7) is 7.54. The number of aryl methyl sites for hydroxylation is 2. The summed E-state index contributed by atoms with van der Waals surface area (Å²) in [6, 6.07) is 3.68. The molecule has 0 aliphatic rings. The largest absolute Gasteiger partial charge is 0.383 e. The van der Waals surface area contributed by atoms with E-state index in [4.69, 9.17) is 4.74 Å². The summed E-state index contributed by atoms with van der Waals surface area (Å²) >= 11 is 0. The first kappa shape index (κ1) is 19.9. The maximum Gasteiger partial charge on any atom is 0.318 e. The van der Waals surface area contributed by atoms with Crippen LogP contribution in [0.15, 0.2) is 24.5 Å². The number of nitrogens with zero attached hydrogens (tertiary/aromatic N) is 4. The van der Waals surface area contributed by atoms with Crippen molar-refractivity contribution >= 4 is 6.03 Å². The van der Waals surface area contributed by atoms with E-state index >= 15 is 0 Å². The molecule has 0 aliphatic heterocycles. The molecule has 0 fully saturated rings. The van der Waals surface area contributed by atoms with Gasteiger partial charge in [-0.15, -0.1) is 0 Å². The van der Waals surface area contributed by atoms with E-state index in [-0.39, 0.29) is 12.1 Å². The average Bonchev–Trinajstić information content (AvgIpc) is 2.89. The predicted molar refractivity (Wildman–Crippen MR) is 101 cm³/mol. The van der Waals surface area contributed by atoms with Crippen molar-refractivity contribution in [1.29, 1.82) is 0 Å². The predicted octanol–water partition coefficient (Wildman–Crippen LogP) is 2.74. The molecule has 0 aliphatic carbocycles. The van der Waals surface area contributed by atoms with Crippen molar-refractivity contribution < 1.29 is 9.53 Å². The molecule has 2 aromatic rings. The van der Waals surface area contributed by atoms with Crippen molar-refractivity contribution in [3.8, 4) is 0 Å². The van der Waals surface area contributed by atoms with Crippen LogP contribution in [0.5, 0.6) is 0 Å². The molecule has 0 unspecified atom stereocenters. The van der Waals surface area contributed by atoms with Crippen LogP contribution in [0.25, 0.3) is 0 Å². The second-order valence-electron chi connectivity index (χ2n) is 6.38. The maximum absolute atomic E-state index is 12.9. The number of carbonyl (C=O) groups excluding carboxylic acids is 1. The number of carbonyl (C=O) groups is 1. The second-order valence-corrected chi connectivity index (χ2v) is 6.38. The number of nitrogens with one attached hydrogen (secondary N) is 1. The highest BCUT2D eigenvalue weighted by Gasteiger charge is 2.21. The van der Waals surface area contributed by atoms with E-state index in [1.54, 1.807) is 24.4 Å². The van der Waals surface area contributed by atoms with Crippen molar-refractivity contribution in [3.63, 3.8) is 0 Å². The molecule has 0 saturated heterocycles. The van der Waals surface area contributed by atoms with Crippen LogP contribution in [0.4, 0.5) is 4.79 Å². The number of hydrogen-bond acceptors (Lipinski definition) is 4. The van der Waals surface area contributed by atoms with Crippen molar-refractivity contribution in [2.24, 2.45) is 7.05 Å². The van der Waals surface area contributed by atoms with E-state index in [1.807, 2.05) is 44.6 Å². The summed E-state index contributed by atoms with van der Waals surface area (Å²) in [7, 11) is 3.56. The van der Waals surface area contributed by atoms with Crippen LogP contribution in [0.2, 0.25) is 0 Å². The molecule has 0 bridgehead atoms. The number of aromatic nitrogens is 3. The first-order valence-corrected chi connectivity index (χ1v) is 8.91. The van der Waals surface area contributed by atoms with Crippen molar-refractivity contribution in [1.82, 2.24) is 25.0 Å². The SMILES string of the molecule is CC[C@H](NC(=O)N(CCOC)Cc1c(C)nn(C)c1C)c1cccnc1. The number of methoxy groups -OCH3 is 1. The molecule has 2 aromatic heterocycles. The van der Waals surface area contributed by atoms with Gasteiger partial charge >= 0.3 is 6.03 Å². The lowest BCUT2D eigenvalue weighted by Gasteiger charge is -2.26. The van der Waals surface area contributed by atoms with Crippen LogP contribution in [-0.2, 0) is 18.3 Å². The van der Waals surface area contributed by atoms with E-state index in [0.29, 0.717) is 19.7 Å². The van der Waals surface area contributed by atoms with Crippen molar-refractivity contribution in [2.45, 2.75) is 39.8 Å². The van der Waals surface area contributed by atoms with Gasteiger partial charge in [-0.1, -0.05) is 13.0 Å². The Bertz CT molecular complexity index is 714. The van der Waals surface area contributed by atoms with Gasteiger partial charge in [0.05, 0.1) is 24.9 Å². The molecule has 7 nitrogen and oxygen atoms in total. The van der Waals surface area contributed by atoms with Crippen LogP contribution in [0, 0.1) is 13.8 Å². The Morgan fingerprint density at radius 2 is 2.19 bits per heavy atom. The molecule has 1 N–H and O–H groups in total. The minimum absolute atomic E-state index is 0.0719. The third-order valence-corrected chi connectivity index (χ3v) is 4.65. The molecule has 26 heavy (non-hydrogen) atoms. The minimum Gasteiger partial charge on any atom is -0.383 e. The standard InChI is InChI=1S/C19H29N5O2/c1-6-18(16-8-7-9-20-12-16)21-19(25)24(10-11-26-5)13-17-14(2)22-23(4)15(17)3/h7-9,12,18H,6,10-11,13H2,1-5H3,(H,21,25)/t18-/m0/s1. The Labute approximate surface area is 155 Å². The van der Waals surface area contributed by atoms with Crippen LogP contribution in [0.3, 0.4) is 0 Å². The smallest absolute Gasteiger partial charge is 0.318 e. The van der Waals surface area contributed by atoms with Gasteiger partial charge in [-0.3, -0.25) is 9.67 Å². The van der Waals surface area contributed by atoms with Crippen LogP contribution >= 0.6 is 0 Å². The second kappa shape index (κ2) is 9.33. The van der Waals surface area contributed by atoms with Crippen molar-refractivity contribution in [3.05, 3.63) is 47.0 Å². The highest BCUT2D eigenvalue weighted by Crippen LogP contribution is 2.18. The third kappa shape index (κ3) is 4.82. The van der Waals surface area contributed by atoms with Crippen LogP contribution in [0.1, 0.15) is 41.9 Å². The Balaban J connectivity index is 2.15. The number of ether oxygens (including phenoxy) is 1. The van der Waals surface area contributed by atoms with Gasteiger partial charge in [0.25, 0.3) is 0 Å². The van der Waals surface area contributed by atoms with E-state index in [0.717, 1.165) is 28.9 Å². The molecule has 0 spiro atoms. The highest BCUT2D eigenvalue weighted by molar-refractivity contribution is 5.74. The Hall–Kier alpha value is -2.41. The molecular weight excluding hydrogens is 330 g/mol. The zero-order valence-electron chi connectivity index (χ0n) is 16.3. The number of hydrogen-bond donors (Lipinski definition) is 1. The number of amides is 2.